The van der Waals surface area contributed by atoms with Crippen molar-refractivity contribution in [3.05, 3.63) is 24.3 Å². The normalized spacial score (nSPS) is 11.0. The molecule has 0 atom stereocenters. The summed E-state index contributed by atoms with van der Waals surface area (Å²) >= 11 is 0. The molecule has 4 heteroatoms. The highest BCUT2D eigenvalue weighted by molar-refractivity contribution is 5.76. The van der Waals surface area contributed by atoms with E-state index in [1.165, 1.54) is 26.0 Å². The summed E-state index contributed by atoms with van der Waals surface area (Å²) in [6.07, 6.45) is 0. The third-order valence-electron chi connectivity index (χ3n) is 1.75. The summed E-state index contributed by atoms with van der Waals surface area (Å²) in [6, 6.07) is 6.25. The van der Waals surface area contributed by atoms with Gasteiger partial charge in [0, 0.05) is 0 Å². The lowest BCUT2D eigenvalue weighted by Crippen LogP contribution is -2.37. The molecule has 0 unspecified atom stereocenters. The molecule has 1 rings (SSSR count). The third-order valence-corrected chi connectivity index (χ3v) is 1.75. The van der Waals surface area contributed by atoms with Gasteiger partial charge >= 0.3 is 5.97 Å². The highest BCUT2D eigenvalue weighted by Crippen LogP contribution is 2.28. The largest absolute Gasteiger partial charge is 0.504 e. The van der Waals surface area contributed by atoms with Crippen LogP contribution in [0.3, 0.4) is 0 Å². The quantitative estimate of drug-likeness (QED) is 0.771. The molecule has 0 aliphatic carbocycles. The first-order valence-corrected chi connectivity index (χ1v) is 4.14. The van der Waals surface area contributed by atoms with Gasteiger partial charge in [-0.3, -0.25) is 0 Å². The van der Waals surface area contributed by atoms with E-state index in [4.69, 9.17) is 9.84 Å². The molecule has 0 bridgehead atoms. The standard InChI is InChI=1S/C10H12O4/c1-10(2,9(12)13)14-8-6-4-3-5-7(8)11/h3-6,11H,1-2H3,(H,12,13). The van der Waals surface area contributed by atoms with Crippen molar-refractivity contribution < 1.29 is 19.7 Å². The van der Waals surface area contributed by atoms with Gasteiger partial charge in [-0.1, -0.05) is 12.1 Å². The molecule has 14 heavy (non-hydrogen) atoms. The fourth-order valence-corrected chi connectivity index (χ4v) is 0.862. The number of phenolic OH excluding ortho intramolecular Hbond substituents is 1. The average molecular weight is 196 g/mol. The number of aromatic hydroxyl groups is 1. The highest BCUT2D eigenvalue weighted by atomic mass is 16.5. The van der Waals surface area contributed by atoms with Gasteiger partial charge in [0.15, 0.2) is 17.1 Å². The summed E-state index contributed by atoms with van der Waals surface area (Å²) in [4.78, 5) is 10.7. The Hall–Kier alpha value is -1.71. The number of phenols is 1. The van der Waals surface area contributed by atoms with Gasteiger partial charge in [-0.25, -0.2) is 4.79 Å². The maximum atomic E-state index is 10.7. The molecule has 4 nitrogen and oxygen atoms in total. The second-order valence-corrected chi connectivity index (χ2v) is 3.39. The Bertz CT molecular complexity index is 344. The second-order valence-electron chi connectivity index (χ2n) is 3.39. The van der Waals surface area contributed by atoms with Crippen LogP contribution in [0.15, 0.2) is 24.3 Å². The number of hydrogen-bond donors (Lipinski definition) is 2. The van der Waals surface area contributed by atoms with E-state index >= 15 is 0 Å². The molecule has 0 aromatic heterocycles. The van der Waals surface area contributed by atoms with Crippen molar-refractivity contribution in [1.82, 2.24) is 0 Å². The van der Waals surface area contributed by atoms with Crippen LogP contribution in [-0.4, -0.2) is 21.8 Å². The molecule has 0 heterocycles. The summed E-state index contributed by atoms with van der Waals surface area (Å²) in [5.41, 5.74) is -1.35. The van der Waals surface area contributed by atoms with Gasteiger partial charge in [-0.2, -0.15) is 0 Å². The highest BCUT2D eigenvalue weighted by Gasteiger charge is 2.30. The van der Waals surface area contributed by atoms with Crippen molar-refractivity contribution in [2.24, 2.45) is 0 Å². The van der Waals surface area contributed by atoms with E-state index < -0.39 is 11.6 Å². The molecule has 1 aromatic rings. The summed E-state index contributed by atoms with van der Waals surface area (Å²) in [5.74, 6) is -0.984. The maximum absolute atomic E-state index is 10.7. The Morgan fingerprint density at radius 2 is 1.93 bits per heavy atom. The zero-order valence-corrected chi connectivity index (χ0v) is 8.02. The number of carbonyl (C=O) groups is 1. The Kier molecular flexibility index (Phi) is 2.65. The molecule has 0 spiro atoms. The van der Waals surface area contributed by atoms with Crippen molar-refractivity contribution in [2.75, 3.05) is 0 Å². The smallest absolute Gasteiger partial charge is 0.347 e. The number of aliphatic carboxylic acids is 1. The number of carboxylic acid groups (broad SMARTS) is 1. The molecule has 76 valence electrons. The van der Waals surface area contributed by atoms with E-state index in [0.29, 0.717) is 0 Å². The summed E-state index contributed by atoms with van der Waals surface area (Å²) in [6.45, 7) is 2.84. The van der Waals surface area contributed by atoms with Crippen LogP contribution < -0.4 is 4.74 Å². The lowest BCUT2D eigenvalue weighted by molar-refractivity contribution is -0.152. The molecular weight excluding hydrogens is 184 g/mol. The second kappa shape index (κ2) is 3.57. The lowest BCUT2D eigenvalue weighted by Gasteiger charge is -2.21. The number of rotatable bonds is 3. The Balaban J connectivity index is 2.89. The van der Waals surface area contributed by atoms with Gasteiger partial charge in [0.05, 0.1) is 0 Å². The van der Waals surface area contributed by atoms with Crippen molar-refractivity contribution in [1.29, 1.82) is 0 Å². The topological polar surface area (TPSA) is 66.8 Å². The molecule has 0 saturated carbocycles. The SMILES string of the molecule is CC(C)(Oc1ccccc1O)C(=O)O. The van der Waals surface area contributed by atoms with Crippen LogP contribution in [-0.2, 0) is 4.79 Å². The summed E-state index contributed by atoms with van der Waals surface area (Å²) in [7, 11) is 0. The van der Waals surface area contributed by atoms with Gasteiger partial charge in [0.1, 0.15) is 0 Å². The Morgan fingerprint density at radius 1 is 1.36 bits per heavy atom. The first-order valence-electron chi connectivity index (χ1n) is 4.14. The number of para-hydroxylation sites is 2. The molecule has 0 amide bonds. The van der Waals surface area contributed by atoms with Crippen molar-refractivity contribution in [3.8, 4) is 11.5 Å². The van der Waals surface area contributed by atoms with E-state index in [1.807, 2.05) is 0 Å². The zero-order valence-electron chi connectivity index (χ0n) is 8.02. The molecular formula is C10H12O4. The molecule has 0 saturated heterocycles. The van der Waals surface area contributed by atoms with Crippen LogP contribution in [0.2, 0.25) is 0 Å². The van der Waals surface area contributed by atoms with E-state index in [0.717, 1.165) is 0 Å². The first kappa shape index (κ1) is 10.4. The summed E-state index contributed by atoms with van der Waals surface area (Å²) in [5, 5.41) is 18.1. The molecule has 0 radical (unpaired) electrons. The van der Waals surface area contributed by atoms with Crippen LogP contribution in [0.1, 0.15) is 13.8 Å². The number of benzene rings is 1. The number of ether oxygens (including phenoxy) is 1. The van der Waals surface area contributed by atoms with Crippen LogP contribution in [0.4, 0.5) is 0 Å². The fraction of sp³-hybridized carbons (Fsp3) is 0.300. The van der Waals surface area contributed by atoms with Gasteiger partial charge in [0.2, 0.25) is 0 Å². The Morgan fingerprint density at radius 3 is 2.43 bits per heavy atom. The average Bonchev–Trinajstić information content (AvgIpc) is 2.08. The maximum Gasteiger partial charge on any atom is 0.347 e. The van der Waals surface area contributed by atoms with Crippen molar-refractivity contribution in [3.63, 3.8) is 0 Å². The fourth-order valence-electron chi connectivity index (χ4n) is 0.862. The molecule has 2 N–H and O–H groups in total. The van der Waals surface area contributed by atoms with Crippen molar-refractivity contribution in [2.45, 2.75) is 19.4 Å². The molecule has 1 aromatic carbocycles. The van der Waals surface area contributed by atoms with E-state index in [1.54, 1.807) is 12.1 Å². The van der Waals surface area contributed by atoms with Gasteiger partial charge in [0.25, 0.3) is 0 Å². The molecule has 0 aliphatic heterocycles. The minimum absolute atomic E-state index is 0.0678. The third kappa shape index (κ3) is 2.16. The van der Waals surface area contributed by atoms with Crippen LogP contribution in [0, 0.1) is 0 Å². The number of hydrogen-bond acceptors (Lipinski definition) is 3. The predicted octanol–water partition coefficient (Wildman–Crippen LogP) is 1.63. The van der Waals surface area contributed by atoms with E-state index in [-0.39, 0.29) is 11.5 Å². The van der Waals surface area contributed by atoms with Crippen LogP contribution >= 0.6 is 0 Å². The Labute approximate surface area is 81.8 Å². The first-order chi connectivity index (χ1) is 6.43. The molecule has 0 fully saturated rings. The van der Waals surface area contributed by atoms with Crippen molar-refractivity contribution >= 4 is 5.97 Å². The van der Waals surface area contributed by atoms with E-state index in [2.05, 4.69) is 0 Å². The van der Waals surface area contributed by atoms with E-state index in [9.17, 15) is 9.90 Å². The summed E-state index contributed by atoms with van der Waals surface area (Å²) < 4.78 is 5.14. The molecule has 0 aliphatic rings. The minimum Gasteiger partial charge on any atom is -0.504 e. The van der Waals surface area contributed by atoms with Crippen LogP contribution in [0.25, 0.3) is 0 Å². The number of carboxylic acids is 1. The zero-order chi connectivity index (χ0) is 10.8. The minimum atomic E-state index is -1.35. The van der Waals surface area contributed by atoms with Crippen LogP contribution in [0.5, 0.6) is 11.5 Å². The predicted molar refractivity (Wildman–Crippen MR) is 50.4 cm³/mol. The monoisotopic (exact) mass is 196 g/mol. The van der Waals surface area contributed by atoms with Gasteiger partial charge < -0.3 is 14.9 Å². The van der Waals surface area contributed by atoms with Gasteiger partial charge in [-0.15, -0.1) is 0 Å². The lowest BCUT2D eigenvalue weighted by atomic mass is 10.1. The van der Waals surface area contributed by atoms with Gasteiger partial charge in [-0.05, 0) is 26.0 Å².